The van der Waals surface area contributed by atoms with Gasteiger partial charge in [0.2, 0.25) is 11.8 Å². The Morgan fingerprint density at radius 2 is 1.61 bits per heavy atom. The van der Waals surface area contributed by atoms with Gasteiger partial charge in [0.15, 0.2) is 0 Å². The van der Waals surface area contributed by atoms with E-state index >= 15 is 0 Å². The largest absolute Gasteiger partial charge is 0.383 e. The number of rotatable bonds is 7. The van der Waals surface area contributed by atoms with Gasteiger partial charge < -0.3 is 15.3 Å². The number of aromatic nitrogens is 1. The number of nitrogens with one attached hydrogen (secondary N) is 1. The van der Waals surface area contributed by atoms with Gasteiger partial charge in [-0.1, -0.05) is 60.7 Å². The normalized spacial score (nSPS) is 21.2. The first-order chi connectivity index (χ1) is 17.4. The van der Waals surface area contributed by atoms with Gasteiger partial charge in [-0.25, -0.2) is 0 Å². The molecule has 186 valence electrons. The van der Waals surface area contributed by atoms with Gasteiger partial charge in [0.05, 0.1) is 5.69 Å². The molecule has 2 aromatic carbocycles. The second-order valence-electron chi connectivity index (χ2n) is 10.2. The Balaban J connectivity index is 1.20. The molecule has 3 aromatic rings. The zero-order valence-electron chi connectivity index (χ0n) is 20.5. The number of hydrogen-bond donors (Lipinski definition) is 2. The van der Waals surface area contributed by atoms with Gasteiger partial charge in [0.25, 0.3) is 0 Å². The fourth-order valence-electron chi connectivity index (χ4n) is 5.54. The SMILES string of the molecule is O=C1CC[C@@](CCC(=O)N2CCC(O)(c3ccccn3)CC2)(Cc2ccc(-c3ccccc3)cc2)N1. The maximum Gasteiger partial charge on any atom is 0.222 e. The number of pyridine rings is 1. The third kappa shape index (κ3) is 5.34. The first-order valence-corrected chi connectivity index (χ1v) is 12.8. The summed E-state index contributed by atoms with van der Waals surface area (Å²) in [6, 6.07) is 24.3. The number of nitrogens with zero attached hydrogens (tertiary/aromatic N) is 2. The number of benzene rings is 2. The van der Waals surface area contributed by atoms with Gasteiger partial charge in [-0.15, -0.1) is 0 Å². The summed E-state index contributed by atoms with van der Waals surface area (Å²) in [5, 5.41) is 14.2. The minimum atomic E-state index is -0.982. The van der Waals surface area contributed by atoms with Crippen molar-refractivity contribution in [2.24, 2.45) is 0 Å². The van der Waals surface area contributed by atoms with E-state index < -0.39 is 11.1 Å². The first-order valence-electron chi connectivity index (χ1n) is 12.8. The Labute approximate surface area is 212 Å². The highest BCUT2D eigenvalue weighted by atomic mass is 16.3. The van der Waals surface area contributed by atoms with Crippen LogP contribution in [-0.4, -0.2) is 45.4 Å². The smallest absolute Gasteiger partial charge is 0.222 e. The number of aliphatic hydroxyl groups is 1. The van der Waals surface area contributed by atoms with E-state index in [9.17, 15) is 14.7 Å². The maximum absolute atomic E-state index is 13.1. The van der Waals surface area contributed by atoms with Crippen LogP contribution in [0.25, 0.3) is 11.1 Å². The van der Waals surface area contributed by atoms with Crippen molar-refractivity contribution in [3.8, 4) is 11.1 Å². The van der Waals surface area contributed by atoms with Crippen molar-refractivity contribution in [1.82, 2.24) is 15.2 Å². The molecule has 0 aliphatic carbocycles. The fourth-order valence-corrected chi connectivity index (χ4v) is 5.54. The molecule has 0 saturated carbocycles. The number of carbonyl (C=O) groups excluding carboxylic acids is 2. The molecule has 0 unspecified atom stereocenters. The third-order valence-corrected chi connectivity index (χ3v) is 7.74. The molecule has 2 amide bonds. The van der Waals surface area contributed by atoms with Crippen LogP contribution in [0.15, 0.2) is 79.0 Å². The lowest BCUT2D eigenvalue weighted by molar-refractivity contribution is -0.136. The standard InChI is InChI=1S/C30H33N3O3/c34-27-13-15-29(32-27,22-23-9-11-25(12-10-23)24-6-2-1-3-7-24)16-14-28(35)33-20-17-30(36,18-21-33)26-8-4-5-19-31-26/h1-12,19,36H,13-18,20-22H2,(H,32,34)/t29-/m1/s1. The van der Waals surface area contributed by atoms with Crippen LogP contribution in [0, 0.1) is 0 Å². The van der Waals surface area contributed by atoms with E-state index in [1.165, 1.54) is 5.56 Å². The highest BCUT2D eigenvalue weighted by Crippen LogP contribution is 2.33. The predicted octanol–water partition coefficient (Wildman–Crippen LogP) is 4.23. The van der Waals surface area contributed by atoms with Crippen LogP contribution in [0.1, 0.15) is 49.8 Å². The molecule has 3 heterocycles. The minimum Gasteiger partial charge on any atom is -0.383 e. The van der Waals surface area contributed by atoms with E-state index in [4.69, 9.17) is 0 Å². The summed E-state index contributed by atoms with van der Waals surface area (Å²) in [6.45, 7) is 1.01. The number of carbonyl (C=O) groups is 2. The Morgan fingerprint density at radius 3 is 2.25 bits per heavy atom. The van der Waals surface area contributed by atoms with Gasteiger partial charge in [0.1, 0.15) is 5.60 Å². The lowest BCUT2D eigenvalue weighted by Crippen LogP contribution is -2.47. The topological polar surface area (TPSA) is 82.5 Å². The molecule has 2 aliphatic heterocycles. The summed E-state index contributed by atoms with van der Waals surface area (Å²) in [4.78, 5) is 31.5. The molecule has 2 N–H and O–H groups in total. The van der Waals surface area contributed by atoms with Gasteiger partial charge in [0, 0.05) is 37.7 Å². The molecule has 2 aliphatic rings. The Bertz CT molecular complexity index is 1190. The van der Waals surface area contributed by atoms with Crippen LogP contribution in [-0.2, 0) is 21.6 Å². The maximum atomic E-state index is 13.1. The number of likely N-dealkylation sites (tertiary alicyclic amines) is 1. The highest BCUT2D eigenvalue weighted by Gasteiger charge is 2.40. The van der Waals surface area contributed by atoms with Gasteiger partial charge in [-0.05, 0) is 60.9 Å². The van der Waals surface area contributed by atoms with Crippen molar-refractivity contribution < 1.29 is 14.7 Å². The van der Waals surface area contributed by atoms with Crippen LogP contribution in [0.4, 0.5) is 0 Å². The van der Waals surface area contributed by atoms with Crippen molar-refractivity contribution in [3.05, 3.63) is 90.3 Å². The minimum absolute atomic E-state index is 0.0572. The molecule has 6 nitrogen and oxygen atoms in total. The average molecular weight is 484 g/mol. The average Bonchev–Trinajstić information content (AvgIpc) is 3.29. The summed E-state index contributed by atoms with van der Waals surface area (Å²) in [5.41, 5.74) is 2.78. The molecule has 2 saturated heterocycles. The Hall–Kier alpha value is -3.51. The zero-order valence-corrected chi connectivity index (χ0v) is 20.5. The van der Waals surface area contributed by atoms with Crippen molar-refractivity contribution >= 4 is 11.8 Å². The molecular formula is C30H33N3O3. The van der Waals surface area contributed by atoms with E-state index in [0.717, 1.165) is 17.5 Å². The van der Waals surface area contributed by atoms with Crippen molar-refractivity contribution in [2.75, 3.05) is 13.1 Å². The zero-order chi connectivity index (χ0) is 25.0. The monoisotopic (exact) mass is 483 g/mol. The number of amides is 2. The van der Waals surface area contributed by atoms with Crippen LogP contribution in [0.3, 0.4) is 0 Å². The molecule has 2 fully saturated rings. The van der Waals surface area contributed by atoms with E-state index in [-0.39, 0.29) is 11.8 Å². The van der Waals surface area contributed by atoms with Crippen LogP contribution < -0.4 is 5.32 Å². The molecule has 5 rings (SSSR count). The van der Waals surface area contributed by atoms with E-state index in [1.54, 1.807) is 6.20 Å². The van der Waals surface area contributed by atoms with Crippen molar-refractivity contribution in [2.45, 2.75) is 56.1 Å². The van der Waals surface area contributed by atoms with E-state index in [2.05, 4.69) is 46.7 Å². The second-order valence-corrected chi connectivity index (χ2v) is 10.2. The summed E-state index contributed by atoms with van der Waals surface area (Å²) >= 11 is 0. The number of hydrogen-bond acceptors (Lipinski definition) is 4. The summed E-state index contributed by atoms with van der Waals surface area (Å²) < 4.78 is 0. The van der Waals surface area contributed by atoms with Crippen molar-refractivity contribution in [3.63, 3.8) is 0 Å². The van der Waals surface area contributed by atoms with Gasteiger partial charge >= 0.3 is 0 Å². The van der Waals surface area contributed by atoms with E-state index in [1.807, 2.05) is 41.3 Å². The Morgan fingerprint density at radius 1 is 0.917 bits per heavy atom. The quantitative estimate of drug-likeness (QED) is 0.527. The molecule has 0 bridgehead atoms. The molecule has 0 spiro atoms. The van der Waals surface area contributed by atoms with Gasteiger partial charge in [-0.3, -0.25) is 14.6 Å². The first kappa shape index (κ1) is 24.2. The molecule has 1 aromatic heterocycles. The van der Waals surface area contributed by atoms with E-state index in [0.29, 0.717) is 57.3 Å². The molecule has 6 heteroatoms. The fraction of sp³-hybridized carbons (Fsp3) is 0.367. The third-order valence-electron chi connectivity index (χ3n) is 7.74. The van der Waals surface area contributed by atoms with Crippen molar-refractivity contribution in [1.29, 1.82) is 0 Å². The summed E-state index contributed by atoms with van der Waals surface area (Å²) in [7, 11) is 0. The van der Waals surface area contributed by atoms with Crippen LogP contribution >= 0.6 is 0 Å². The second kappa shape index (κ2) is 10.2. The molecule has 36 heavy (non-hydrogen) atoms. The molecular weight excluding hydrogens is 450 g/mol. The molecule has 0 radical (unpaired) electrons. The Kier molecular flexibility index (Phi) is 6.88. The lowest BCUT2D eigenvalue weighted by Gasteiger charge is -2.38. The lowest BCUT2D eigenvalue weighted by atomic mass is 9.84. The highest BCUT2D eigenvalue weighted by molar-refractivity contribution is 5.80. The number of piperidine rings is 1. The van der Waals surface area contributed by atoms with Gasteiger partial charge in [-0.2, -0.15) is 0 Å². The van der Waals surface area contributed by atoms with Crippen LogP contribution in [0.5, 0.6) is 0 Å². The molecule has 1 atom stereocenters. The van der Waals surface area contributed by atoms with Crippen LogP contribution in [0.2, 0.25) is 0 Å². The summed E-state index contributed by atoms with van der Waals surface area (Å²) in [5.74, 6) is 0.139. The summed E-state index contributed by atoms with van der Waals surface area (Å²) in [6.07, 6.45) is 5.58. The predicted molar refractivity (Wildman–Crippen MR) is 139 cm³/mol.